The molecule has 0 aliphatic rings. The summed E-state index contributed by atoms with van der Waals surface area (Å²) in [6, 6.07) is 48.9. The molecule has 0 nitrogen and oxygen atoms in total. The molecule has 0 amide bonds. The van der Waals surface area contributed by atoms with Crippen molar-refractivity contribution in [3.63, 3.8) is 0 Å². The molecule has 0 unspecified atom stereocenters. The number of benzene rings is 6. The van der Waals surface area contributed by atoms with E-state index in [1.54, 1.807) is 0 Å². The fourth-order valence-corrected chi connectivity index (χ4v) is 11.6. The molecule has 0 aliphatic carbocycles. The van der Waals surface area contributed by atoms with Crippen LogP contribution >= 0.6 is 23.5 Å². The molecule has 218 valence electrons. The summed E-state index contributed by atoms with van der Waals surface area (Å²) in [4.78, 5) is 2.75. The summed E-state index contributed by atoms with van der Waals surface area (Å²) >= 11 is 4.85. The number of aryl methyl sites for hydroxylation is 4. The number of hydrogen-bond donors (Lipinski definition) is 0. The minimum atomic E-state index is 0.413. The van der Waals surface area contributed by atoms with Crippen LogP contribution in [0.3, 0.4) is 0 Å². The van der Waals surface area contributed by atoms with Crippen LogP contribution < -0.4 is 0 Å². The van der Waals surface area contributed by atoms with E-state index in [0.29, 0.717) is 2.29 Å². The normalized spacial score (nSPS) is 11.2. The number of thioether (sulfide) groups is 2. The van der Waals surface area contributed by atoms with Gasteiger partial charge in [-0.2, -0.15) is 0 Å². The Labute approximate surface area is 286 Å². The van der Waals surface area contributed by atoms with Crippen molar-refractivity contribution in [2.24, 2.45) is 0 Å². The van der Waals surface area contributed by atoms with Gasteiger partial charge in [0.25, 0.3) is 0 Å². The molecule has 0 radical (unpaired) electrons. The number of hydrogen-bond acceptors (Lipinski definition) is 2. The van der Waals surface area contributed by atoms with Crippen molar-refractivity contribution < 1.29 is 0 Å². The molecule has 6 aromatic carbocycles. The van der Waals surface area contributed by atoms with E-state index < -0.39 is 0 Å². The maximum atomic E-state index is 2.31. The molecule has 0 aliphatic heterocycles. The SMILES string of the molecule is Cc1ccccc1-c1cccc(-c2ccccc2C)c1S[CH]([BiH2])Sc1c(-c2ccccc2C)cccc1-c1ccccc1C. The van der Waals surface area contributed by atoms with Crippen LogP contribution in [0, 0.1) is 27.7 Å². The van der Waals surface area contributed by atoms with Crippen LogP contribution in [0.2, 0.25) is 0 Å². The molecule has 0 N–H and O–H groups in total. The summed E-state index contributed by atoms with van der Waals surface area (Å²) in [6.07, 6.45) is 0. The van der Waals surface area contributed by atoms with E-state index in [1.165, 1.54) is 76.6 Å². The quantitative estimate of drug-likeness (QED) is 0.0854. The van der Waals surface area contributed by atoms with Gasteiger partial charge < -0.3 is 0 Å². The summed E-state index contributed by atoms with van der Waals surface area (Å²) in [5.74, 6) is 0. The predicted octanol–water partition coefficient (Wildman–Crippen LogP) is 11.4. The van der Waals surface area contributed by atoms with Crippen molar-refractivity contribution in [2.75, 3.05) is 0 Å². The van der Waals surface area contributed by atoms with E-state index in [9.17, 15) is 0 Å². The minimum absolute atomic E-state index is 0.413. The standard InChI is InChI=1S/C41H35S2.Bi.2H/c1-28-15-5-9-19-32(28)36-23-13-24-37(33-20-10-6-16-29(33)2)40(36)42-27-43-41-38(34-21-11-7-17-30(34)3)25-14-26-39(41)35-22-12-8-18-31(35)4;;;/h5-27H,1-4H3;;;. The number of rotatable bonds is 8. The summed E-state index contributed by atoms with van der Waals surface area (Å²) in [6.45, 7) is 8.91. The van der Waals surface area contributed by atoms with Crippen LogP contribution in [0.1, 0.15) is 22.3 Å². The first kappa shape index (κ1) is 30.9. The first-order valence-electron chi connectivity index (χ1n) is 15.0. The van der Waals surface area contributed by atoms with E-state index in [1.807, 2.05) is 0 Å². The van der Waals surface area contributed by atoms with Crippen molar-refractivity contribution in [3.05, 3.63) is 156 Å². The average Bonchev–Trinajstić information content (AvgIpc) is 3.03. The molecule has 44 heavy (non-hydrogen) atoms. The Bertz CT molecular complexity index is 1670. The second-order valence-corrected chi connectivity index (χ2v) is 20.2. The van der Waals surface area contributed by atoms with Crippen LogP contribution in [0.4, 0.5) is 0 Å². The molecule has 0 heterocycles. The van der Waals surface area contributed by atoms with Gasteiger partial charge in [-0.1, -0.05) is 0 Å². The zero-order valence-corrected chi connectivity index (χ0v) is 31.8. The van der Waals surface area contributed by atoms with Crippen molar-refractivity contribution in [1.82, 2.24) is 0 Å². The zero-order chi connectivity index (χ0) is 30.6. The summed E-state index contributed by atoms with van der Waals surface area (Å²) in [5, 5.41) is 0. The molecular formula is C41H37BiS2. The fraction of sp³-hybridized carbons (Fsp3) is 0.122. The Balaban J connectivity index is 1.49. The average molecular weight is 803 g/mol. The fourth-order valence-electron chi connectivity index (χ4n) is 5.93. The predicted molar refractivity (Wildman–Crippen MR) is 198 cm³/mol. The van der Waals surface area contributed by atoms with E-state index in [-0.39, 0.29) is 0 Å². The molecule has 0 atom stereocenters. The van der Waals surface area contributed by atoms with Gasteiger partial charge in [0.15, 0.2) is 0 Å². The third kappa shape index (κ3) is 6.48. The van der Waals surface area contributed by atoms with Gasteiger partial charge in [-0.15, -0.1) is 0 Å². The van der Waals surface area contributed by atoms with Crippen molar-refractivity contribution in [3.8, 4) is 44.5 Å². The molecule has 0 aromatic heterocycles. The Hall–Kier alpha value is -3.10. The van der Waals surface area contributed by atoms with Gasteiger partial charge in [0, 0.05) is 0 Å². The molecule has 0 bridgehead atoms. The third-order valence-electron chi connectivity index (χ3n) is 8.24. The summed E-state index contributed by atoms with van der Waals surface area (Å²) in [5.41, 5.74) is 15.8. The van der Waals surface area contributed by atoms with Crippen LogP contribution in [-0.4, -0.2) is 27.0 Å². The van der Waals surface area contributed by atoms with Gasteiger partial charge in [0.1, 0.15) is 0 Å². The van der Waals surface area contributed by atoms with Crippen molar-refractivity contribution >= 4 is 48.2 Å². The van der Waals surface area contributed by atoms with Crippen molar-refractivity contribution in [1.29, 1.82) is 0 Å². The topological polar surface area (TPSA) is 0 Å². The Kier molecular flexibility index (Phi) is 9.77. The zero-order valence-electron chi connectivity index (χ0n) is 25.7. The van der Waals surface area contributed by atoms with Gasteiger partial charge in [-0.25, -0.2) is 0 Å². The second kappa shape index (κ2) is 13.9. The Morgan fingerprint density at radius 2 is 0.568 bits per heavy atom. The molecule has 0 fully saturated rings. The Morgan fingerprint density at radius 3 is 0.818 bits per heavy atom. The molecule has 0 saturated heterocycles. The van der Waals surface area contributed by atoms with Crippen molar-refractivity contribution in [2.45, 2.75) is 39.8 Å². The molecule has 3 heteroatoms. The van der Waals surface area contributed by atoms with Gasteiger partial charge >= 0.3 is 288 Å². The van der Waals surface area contributed by atoms with Gasteiger partial charge in [-0.3, -0.25) is 0 Å². The van der Waals surface area contributed by atoms with E-state index >= 15 is 0 Å². The van der Waals surface area contributed by atoms with Gasteiger partial charge in [0.05, 0.1) is 0 Å². The van der Waals surface area contributed by atoms with Gasteiger partial charge in [-0.05, 0) is 0 Å². The van der Waals surface area contributed by atoms with E-state index in [0.717, 1.165) is 24.7 Å². The molecular weight excluding hydrogens is 766 g/mol. The van der Waals surface area contributed by atoms with Gasteiger partial charge in [0.2, 0.25) is 0 Å². The molecule has 6 rings (SSSR count). The summed E-state index contributed by atoms with van der Waals surface area (Å²) < 4.78 is 0.413. The monoisotopic (exact) mass is 802 g/mol. The van der Waals surface area contributed by atoms with Crippen LogP contribution in [-0.2, 0) is 0 Å². The van der Waals surface area contributed by atoms with Crippen LogP contribution in [0.25, 0.3) is 44.5 Å². The van der Waals surface area contributed by atoms with E-state index in [4.69, 9.17) is 0 Å². The first-order valence-corrected chi connectivity index (χ1v) is 19.4. The molecule has 6 aromatic rings. The van der Waals surface area contributed by atoms with E-state index in [2.05, 4.69) is 185 Å². The Morgan fingerprint density at radius 1 is 0.341 bits per heavy atom. The summed E-state index contributed by atoms with van der Waals surface area (Å²) in [7, 11) is 0. The third-order valence-corrected chi connectivity index (χ3v) is 13.8. The first-order chi connectivity index (χ1) is 21.4. The molecule has 0 spiro atoms. The second-order valence-electron chi connectivity index (χ2n) is 11.2. The van der Waals surface area contributed by atoms with Crippen LogP contribution in [0.15, 0.2) is 143 Å². The van der Waals surface area contributed by atoms with Crippen LogP contribution in [0.5, 0.6) is 0 Å². The molecule has 0 saturated carbocycles. The maximum absolute atomic E-state index is 2.31.